The molecule has 0 bridgehead atoms. The van der Waals surface area contributed by atoms with E-state index >= 15 is 0 Å². The topological polar surface area (TPSA) is 32.3 Å². The number of fused-ring (bicyclic) bond motifs is 1. The molecule has 1 atom stereocenters. The fourth-order valence-corrected chi connectivity index (χ4v) is 1.92. The van der Waals surface area contributed by atoms with Gasteiger partial charge in [0.05, 0.1) is 11.4 Å². The lowest BCUT2D eigenvalue weighted by Gasteiger charge is -2.22. The zero-order valence-corrected chi connectivity index (χ0v) is 9.16. The standard InChI is InChI=1S/C12H16N2O/c1-9-7-13-11-5-3-4-6-12(11)14(8-9)10(2)15/h3-6,9,13H,7-8H2,1-2H3. The Hall–Kier alpha value is -1.51. The molecule has 0 aromatic heterocycles. The first kappa shape index (κ1) is 10.0. The minimum absolute atomic E-state index is 0.109. The van der Waals surface area contributed by atoms with Crippen molar-refractivity contribution in [3.05, 3.63) is 24.3 Å². The monoisotopic (exact) mass is 204 g/mol. The van der Waals surface area contributed by atoms with Gasteiger partial charge in [-0.05, 0) is 18.1 Å². The quantitative estimate of drug-likeness (QED) is 0.702. The van der Waals surface area contributed by atoms with Gasteiger partial charge in [0.25, 0.3) is 0 Å². The molecule has 0 saturated heterocycles. The van der Waals surface area contributed by atoms with Crippen molar-refractivity contribution in [3.8, 4) is 0 Å². The van der Waals surface area contributed by atoms with Crippen LogP contribution in [0.15, 0.2) is 24.3 Å². The molecule has 1 aromatic rings. The van der Waals surface area contributed by atoms with E-state index in [-0.39, 0.29) is 5.91 Å². The third kappa shape index (κ3) is 1.96. The van der Waals surface area contributed by atoms with Crippen molar-refractivity contribution in [2.45, 2.75) is 13.8 Å². The fourth-order valence-electron chi connectivity index (χ4n) is 1.92. The molecule has 0 aliphatic carbocycles. The van der Waals surface area contributed by atoms with Crippen LogP contribution < -0.4 is 10.2 Å². The fraction of sp³-hybridized carbons (Fsp3) is 0.417. The van der Waals surface area contributed by atoms with Crippen molar-refractivity contribution in [2.75, 3.05) is 23.3 Å². The van der Waals surface area contributed by atoms with Gasteiger partial charge in [-0.25, -0.2) is 0 Å². The second-order valence-electron chi connectivity index (χ2n) is 4.13. The van der Waals surface area contributed by atoms with Crippen LogP contribution in [0.1, 0.15) is 13.8 Å². The average molecular weight is 204 g/mol. The summed E-state index contributed by atoms with van der Waals surface area (Å²) in [4.78, 5) is 13.4. The zero-order chi connectivity index (χ0) is 10.8. The van der Waals surface area contributed by atoms with Crippen molar-refractivity contribution in [1.29, 1.82) is 0 Å². The summed E-state index contributed by atoms with van der Waals surface area (Å²) in [5.74, 6) is 0.583. The summed E-state index contributed by atoms with van der Waals surface area (Å²) in [6, 6.07) is 7.96. The third-order valence-electron chi connectivity index (χ3n) is 2.71. The molecular formula is C12H16N2O. The lowest BCUT2D eigenvalue weighted by Crippen LogP contribution is -2.32. The molecule has 80 valence electrons. The molecule has 1 amide bonds. The van der Waals surface area contributed by atoms with Crippen LogP contribution in [-0.4, -0.2) is 19.0 Å². The first-order valence-corrected chi connectivity index (χ1v) is 5.29. The van der Waals surface area contributed by atoms with Gasteiger partial charge in [-0.2, -0.15) is 0 Å². The SMILES string of the molecule is CC(=O)N1CC(C)CNc2ccccc21. The minimum Gasteiger partial charge on any atom is -0.383 e. The second kappa shape index (κ2) is 3.93. The van der Waals surface area contributed by atoms with Crippen LogP contribution in [-0.2, 0) is 4.79 Å². The highest BCUT2D eigenvalue weighted by Gasteiger charge is 2.21. The summed E-state index contributed by atoms with van der Waals surface area (Å²) in [5.41, 5.74) is 2.05. The Morgan fingerprint density at radius 3 is 2.93 bits per heavy atom. The van der Waals surface area contributed by atoms with Gasteiger partial charge in [-0.1, -0.05) is 19.1 Å². The van der Waals surface area contributed by atoms with Gasteiger partial charge in [0.15, 0.2) is 0 Å². The number of hydrogen-bond donors (Lipinski definition) is 1. The maximum absolute atomic E-state index is 11.6. The van der Waals surface area contributed by atoms with Gasteiger partial charge in [0, 0.05) is 20.0 Å². The molecule has 1 aliphatic rings. The smallest absolute Gasteiger partial charge is 0.223 e. The molecular weight excluding hydrogens is 188 g/mol. The van der Waals surface area contributed by atoms with Crippen LogP contribution in [0.5, 0.6) is 0 Å². The molecule has 1 aliphatic heterocycles. The Labute approximate surface area is 90.1 Å². The van der Waals surface area contributed by atoms with Crippen molar-refractivity contribution >= 4 is 17.3 Å². The van der Waals surface area contributed by atoms with Crippen LogP contribution in [0, 0.1) is 5.92 Å². The zero-order valence-electron chi connectivity index (χ0n) is 9.16. The number of rotatable bonds is 0. The molecule has 15 heavy (non-hydrogen) atoms. The predicted octanol–water partition coefficient (Wildman–Crippen LogP) is 2.10. The molecule has 0 radical (unpaired) electrons. The van der Waals surface area contributed by atoms with Crippen molar-refractivity contribution in [2.24, 2.45) is 5.92 Å². The summed E-state index contributed by atoms with van der Waals surface area (Å²) in [6.45, 7) is 5.48. The Kier molecular flexibility index (Phi) is 2.62. The molecule has 0 saturated carbocycles. The Bertz CT molecular complexity index is 376. The van der Waals surface area contributed by atoms with Crippen LogP contribution >= 0.6 is 0 Å². The van der Waals surface area contributed by atoms with Gasteiger partial charge in [0.1, 0.15) is 0 Å². The number of carbonyl (C=O) groups excluding carboxylic acids is 1. The van der Waals surface area contributed by atoms with E-state index in [1.165, 1.54) is 0 Å². The second-order valence-corrected chi connectivity index (χ2v) is 4.13. The molecule has 1 N–H and O–H groups in total. The molecule has 3 nitrogen and oxygen atoms in total. The van der Waals surface area contributed by atoms with Crippen LogP contribution in [0.2, 0.25) is 0 Å². The molecule has 1 aromatic carbocycles. The minimum atomic E-state index is 0.109. The van der Waals surface area contributed by atoms with Crippen molar-refractivity contribution in [1.82, 2.24) is 0 Å². The number of amides is 1. The number of carbonyl (C=O) groups is 1. The molecule has 0 fully saturated rings. The van der Waals surface area contributed by atoms with Crippen LogP contribution in [0.25, 0.3) is 0 Å². The summed E-state index contributed by atoms with van der Waals surface area (Å²) >= 11 is 0. The van der Waals surface area contributed by atoms with Gasteiger partial charge < -0.3 is 10.2 Å². The Morgan fingerprint density at radius 2 is 2.20 bits per heavy atom. The van der Waals surface area contributed by atoms with E-state index < -0.39 is 0 Å². The number of anilines is 2. The molecule has 3 heteroatoms. The number of hydrogen-bond acceptors (Lipinski definition) is 2. The van der Waals surface area contributed by atoms with Gasteiger partial charge in [0.2, 0.25) is 5.91 Å². The third-order valence-corrected chi connectivity index (χ3v) is 2.71. The van der Waals surface area contributed by atoms with E-state index in [9.17, 15) is 4.79 Å². The van der Waals surface area contributed by atoms with Gasteiger partial charge in [-0.15, -0.1) is 0 Å². The Balaban J connectivity index is 2.41. The summed E-state index contributed by atoms with van der Waals surface area (Å²) in [6.07, 6.45) is 0. The van der Waals surface area contributed by atoms with Crippen LogP contribution in [0.3, 0.4) is 0 Å². The number of benzene rings is 1. The predicted molar refractivity (Wildman–Crippen MR) is 62.1 cm³/mol. The van der Waals surface area contributed by atoms with Crippen molar-refractivity contribution in [3.63, 3.8) is 0 Å². The first-order chi connectivity index (χ1) is 7.18. The molecule has 1 unspecified atom stereocenters. The van der Waals surface area contributed by atoms with E-state index in [4.69, 9.17) is 0 Å². The lowest BCUT2D eigenvalue weighted by atomic mass is 10.2. The summed E-state index contributed by atoms with van der Waals surface area (Å²) in [5, 5.41) is 3.37. The summed E-state index contributed by atoms with van der Waals surface area (Å²) in [7, 11) is 0. The highest BCUT2D eigenvalue weighted by atomic mass is 16.2. The summed E-state index contributed by atoms with van der Waals surface area (Å²) < 4.78 is 0. The highest BCUT2D eigenvalue weighted by molar-refractivity contribution is 5.95. The largest absolute Gasteiger partial charge is 0.383 e. The average Bonchev–Trinajstić information content (AvgIpc) is 2.39. The number of nitrogens with one attached hydrogen (secondary N) is 1. The lowest BCUT2D eigenvalue weighted by molar-refractivity contribution is -0.116. The first-order valence-electron chi connectivity index (χ1n) is 5.29. The van der Waals surface area contributed by atoms with Crippen molar-refractivity contribution < 1.29 is 4.79 Å². The number of para-hydroxylation sites is 2. The van der Waals surface area contributed by atoms with Crippen LogP contribution in [0.4, 0.5) is 11.4 Å². The Morgan fingerprint density at radius 1 is 1.47 bits per heavy atom. The van der Waals surface area contributed by atoms with E-state index in [0.717, 1.165) is 24.5 Å². The van der Waals surface area contributed by atoms with Gasteiger partial charge in [-0.3, -0.25) is 4.79 Å². The van der Waals surface area contributed by atoms with Gasteiger partial charge >= 0.3 is 0 Å². The highest BCUT2D eigenvalue weighted by Crippen LogP contribution is 2.29. The molecule has 0 spiro atoms. The maximum Gasteiger partial charge on any atom is 0.223 e. The maximum atomic E-state index is 11.6. The normalized spacial score (nSPS) is 20.1. The molecule has 1 heterocycles. The van der Waals surface area contributed by atoms with E-state index in [2.05, 4.69) is 12.2 Å². The molecule has 2 rings (SSSR count). The van der Waals surface area contributed by atoms with E-state index in [0.29, 0.717) is 5.92 Å². The van der Waals surface area contributed by atoms with E-state index in [1.807, 2.05) is 29.2 Å². The number of nitrogens with zero attached hydrogens (tertiary/aromatic N) is 1. The van der Waals surface area contributed by atoms with E-state index in [1.54, 1.807) is 6.92 Å².